The summed E-state index contributed by atoms with van der Waals surface area (Å²) in [5.41, 5.74) is 73.9. The predicted molar refractivity (Wildman–Crippen MR) is 323 cm³/mol. The van der Waals surface area contributed by atoms with Crippen LogP contribution in [0.25, 0.3) is 0 Å². The van der Waals surface area contributed by atoms with Crippen LogP contribution in [0.15, 0.2) is 24.3 Å². The van der Waals surface area contributed by atoms with Crippen LogP contribution in [0.2, 0.25) is 0 Å². The maximum atomic E-state index is 13.6. The number of ether oxygens (including phenoxy) is 12. The van der Waals surface area contributed by atoms with Crippen molar-refractivity contribution < 1.29 is 128 Å². The van der Waals surface area contributed by atoms with Gasteiger partial charge in [0.1, 0.15) is 134 Å². The molecule has 42 heteroatoms. The normalized spacial score (nSPS) is 48.5. The average molecular weight is 1390 g/mol. The maximum Gasteiger partial charge on any atom is 0.319 e. The first-order chi connectivity index (χ1) is 45.5. The summed E-state index contributed by atoms with van der Waals surface area (Å²) in [6.45, 7) is -1.99. The third-order valence-electron chi connectivity index (χ3n) is 18.7. The van der Waals surface area contributed by atoms with Crippen LogP contribution in [-0.2, 0) is 56.8 Å². The number of carbonyl (C=O) groups excluding carboxylic acids is 2. The molecule has 2 saturated carbocycles. The van der Waals surface area contributed by atoms with Crippen molar-refractivity contribution in [2.75, 3.05) is 49.9 Å². The van der Waals surface area contributed by atoms with E-state index < -0.39 is 258 Å². The Kier molecular flexibility index (Phi) is 26.3. The fourth-order valence-electron chi connectivity index (χ4n) is 12.9. The summed E-state index contributed by atoms with van der Waals surface area (Å²) >= 11 is 0. The first kappa shape index (κ1) is 76.5. The minimum absolute atomic E-state index is 0.0241. The molecule has 550 valence electrons. The van der Waals surface area contributed by atoms with Gasteiger partial charge in [0.25, 0.3) is 0 Å². The van der Waals surface area contributed by atoms with Crippen molar-refractivity contribution in [3.05, 3.63) is 24.3 Å². The Hall–Kier alpha value is -3.68. The summed E-state index contributed by atoms with van der Waals surface area (Å²) in [5.74, 6) is 0. The third kappa shape index (κ3) is 16.6. The van der Waals surface area contributed by atoms with Gasteiger partial charge in [-0.15, -0.1) is 0 Å². The molecule has 0 aromatic heterocycles. The monoisotopic (exact) mass is 1390 g/mol. The number of amides is 4. The zero-order valence-electron chi connectivity index (χ0n) is 51.9. The second-order valence-electron chi connectivity index (χ2n) is 25.4. The number of aliphatic hydroxyl groups is 12. The van der Waals surface area contributed by atoms with Crippen molar-refractivity contribution in [2.45, 2.75) is 245 Å². The van der Waals surface area contributed by atoms with Crippen LogP contribution in [0.4, 0.5) is 21.0 Å². The quantitative estimate of drug-likeness (QED) is 0.0513. The SMILES string of the molecule is NCC1O[C@@H](OC2C(N)C[C@@H](N)[C@H](O)C2O[C@@H]2O[C@H](CNC(=O)Nc3ccc(NC(=O)NC[C@H]4O[C@@H](O[C@H]5C(O[C@@H]6OC(CN)C(O)[C@H](O)C6N)C(N)C[C@@H](N)C5O)[C@@H](O)C4O[C@H]4O[C@@H](CN)C(O)C(O)C4N)cc3)C(O[C@@H]3O[C@H](CN)C(O)C(O)C3N)C2O)C(N)[C@@H](O)C1O. The summed E-state index contributed by atoms with van der Waals surface area (Å²) in [4.78, 5) is 27.2. The topological polar surface area (TPSA) is 748 Å². The Balaban J connectivity index is 0.844. The lowest BCUT2D eigenvalue weighted by Gasteiger charge is -2.47. The molecular weight excluding hydrogens is 1290 g/mol. The van der Waals surface area contributed by atoms with Crippen molar-refractivity contribution in [1.29, 1.82) is 0 Å². The van der Waals surface area contributed by atoms with E-state index in [1.54, 1.807) is 0 Å². The number of nitrogens with one attached hydrogen (secondary N) is 4. The number of hydrogen-bond donors (Lipinski definition) is 28. The molecule has 38 atom stereocenters. The number of carbonyl (C=O) groups is 2. The Morgan fingerprint density at radius 3 is 0.854 bits per heavy atom. The largest absolute Gasteiger partial charge is 0.389 e. The molecule has 21 unspecified atom stereocenters. The zero-order valence-corrected chi connectivity index (χ0v) is 51.9. The van der Waals surface area contributed by atoms with Gasteiger partial charge in [0, 0.05) is 74.8 Å². The van der Waals surface area contributed by atoms with E-state index in [2.05, 4.69) is 21.3 Å². The lowest BCUT2D eigenvalue weighted by Crippen LogP contribution is -2.68. The first-order valence-electron chi connectivity index (χ1n) is 31.6. The second-order valence-corrected chi connectivity index (χ2v) is 25.4. The van der Waals surface area contributed by atoms with E-state index in [0.29, 0.717) is 0 Å². The van der Waals surface area contributed by atoms with Crippen LogP contribution in [-0.4, -0.2) is 345 Å². The standard InChI is InChI=1S/C54H98N16O26/c55-7-19-31(73)35(77)25(63)47(85-19)91-41-17(61)5-15(59)29(71)45(41)95-51-39(81)43(93-49-27(65)37(79)33(75)21(9-57)87-49)23(89-51)11-67-53(83)69-13-1-2-14(4-3-13)70-54(84)68-12-24-44(94-50-28(66)38(80)34(76)22(10-58)88-50)40(82)52(90-24)96-46-30(72)16(60)6-18(62)42(46)92-48-26(64)36(78)32(74)20(8-56)86-48/h1-4,15-52,71-82H,5-12,55-66H2,(H2,67,69,83)(H2,68,70,84)/t15-,16-,17?,18?,19?,20?,21-,22+,23-,24-,25?,26?,27?,28?,29+,30?,31?,32?,33?,34?,35-,36-,37?,38?,39?,40+,41?,42?,43?,44?,45?,46-,47+,48+,49+,50-,51+,52+/m1/s1. The van der Waals surface area contributed by atoms with Gasteiger partial charge < -0.3 is 208 Å². The summed E-state index contributed by atoms with van der Waals surface area (Å²) in [6, 6.07) is -5.62. The number of urea groups is 2. The first-order valence-corrected chi connectivity index (χ1v) is 31.6. The van der Waals surface area contributed by atoms with Gasteiger partial charge in [-0.2, -0.15) is 0 Å². The Morgan fingerprint density at radius 1 is 0.333 bits per heavy atom. The van der Waals surface area contributed by atoms with Gasteiger partial charge in [-0.05, 0) is 37.1 Å². The number of aliphatic hydroxyl groups excluding tert-OH is 12. The molecule has 6 saturated heterocycles. The second kappa shape index (κ2) is 33.0. The number of anilines is 2. The molecule has 42 nitrogen and oxygen atoms in total. The molecule has 0 radical (unpaired) electrons. The molecular formula is C54H98N16O26. The lowest BCUT2D eigenvalue weighted by molar-refractivity contribution is -0.306. The van der Waals surface area contributed by atoms with Gasteiger partial charge in [0.05, 0.1) is 36.4 Å². The van der Waals surface area contributed by atoms with Crippen molar-refractivity contribution in [3.8, 4) is 0 Å². The molecule has 0 spiro atoms. The molecule has 1 aromatic carbocycles. The number of hydrogen-bond acceptors (Lipinski definition) is 38. The van der Waals surface area contributed by atoms with Gasteiger partial charge in [-0.1, -0.05) is 0 Å². The Labute approximate surface area is 548 Å². The Morgan fingerprint density at radius 2 is 0.583 bits per heavy atom. The smallest absolute Gasteiger partial charge is 0.319 e. The number of benzene rings is 1. The minimum Gasteiger partial charge on any atom is -0.389 e. The predicted octanol–water partition coefficient (Wildman–Crippen LogP) is -15.8. The summed E-state index contributed by atoms with van der Waals surface area (Å²) in [6.07, 6.45) is -44.6. The van der Waals surface area contributed by atoms with Gasteiger partial charge in [0.15, 0.2) is 37.7 Å². The molecule has 40 N–H and O–H groups in total. The van der Waals surface area contributed by atoms with E-state index in [4.69, 9.17) is 126 Å². The van der Waals surface area contributed by atoms with Crippen molar-refractivity contribution in [2.24, 2.45) is 68.8 Å². The van der Waals surface area contributed by atoms with Crippen molar-refractivity contribution in [1.82, 2.24) is 10.6 Å². The van der Waals surface area contributed by atoms with Crippen LogP contribution in [0.3, 0.4) is 0 Å². The molecule has 9 rings (SSSR count). The minimum atomic E-state index is -1.81. The average Bonchev–Trinajstić information content (AvgIpc) is 1.44. The molecule has 8 aliphatic rings. The highest BCUT2D eigenvalue weighted by molar-refractivity contribution is 5.91. The molecule has 6 heterocycles. The van der Waals surface area contributed by atoms with E-state index in [1.165, 1.54) is 24.3 Å². The van der Waals surface area contributed by atoms with Gasteiger partial charge in [0.2, 0.25) is 0 Å². The molecule has 1 aromatic rings. The van der Waals surface area contributed by atoms with Crippen LogP contribution >= 0.6 is 0 Å². The van der Waals surface area contributed by atoms with Crippen LogP contribution < -0.4 is 90.1 Å². The summed E-state index contributed by atoms with van der Waals surface area (Å²) in [5, 5.41) is 142. The highest BCUT2D eigenvalue weighted by Gasteiger charge is 2.58. The van der Waals surface area contributed by atoms with Gasteiger partial charge >= 0.3 is 12.1 Å². The van der Waals surface area contributed by atoms with E-state index in [0.717, 1.165) is 0 Å². The fourth-order valence-corrected chi connectivity index (χ4v) is 12.9. The van der Waals surface area contributed by atoms with Gasteiger partial charge in [-0.25, -0.2) is 9.59 Å². The molecule has 0 bridgehead atoms. The maximum absolute atomic E-state index is 13.6. The summed E-state index contributed by atoms with van der Waals surface area (Å²) < 4.78 is 72.4. The van der Waals surface area contributed by atoms with Crippen LogP contribution in [0.1, 0.15) is 12.8 Å². The fraction of sp³-hybridized carbons (Fsp3) is 0.852. The number of rotatable bonds is 22. The van der Waals surface area contributed by atoms with Crippen LogP contribution in [0.5, 0.6) is 0 Å². The third-order valence-corrected chi connectivity index (χ3v) is 18.7. The van der Waals surface area contributed by atoms with Crippen molar-refractivity contribution >= 4 is 23.4 Å². The molecule has 8 fully saturated rings. The summed E-state index contributed by atoms with van der Waals surface area (Å²) in [7, 11) is 0. The highest BCUT2D eigenvalue weighted by Crippen LogP contribution is 2.38. The molecule has 6 aliphatic heterocycles. The Bertz CT molecular complexity index is 2470. The van der Waals surface area contributed by atoms with Crippen LogP contribution in [0, 0.1) is 0 Å². The zero-order chi connectivity index (χ0) is 70.0. The van der Waals surface area contributed by atoms with Gasteiger partial charge in [-0.3, -0.25) is 0 Å². The molecule has 2 aliphatic carbocycles. The molecule has 96 heavy (non-hydrogen) atoms. The molecule has 4 amide bonds. The number of nitrogens with two attached hydrogens (primary N) is 12. The van der Waals surface area contributed by atoms with Crippen molar-refractivity contribution in [3.63, 3.8) is 0 Å². The van der Waals surface area contributed by atoms with E-state index in [-0.39, 0.29) is 50.4 Å². The van der Waals surface area contributed by atoms with E-state index >= 15 is 0 Å². The van der Waals surface area contributed by atoms with E-state index in [9.17, 15) is 70.9 Å². The highest BCUT2D eigenvalue weighted by atomic mass is 16.8. The lowest BCUT2D eigenvalue weighted by atomic mass is 9.84. The van der Waals surface area contributed by atoms with E-state index in [1.807, 2.05) is 0 Å².